The van der Waals surface area contributed by atoms with Crippen LogP contribution < -0.4 is 0 Å². The third-order valence-corrected chi connectivity index (χ3v) is 15.0. The average Bonchev–Trinajstić information content (AvgIpc) is 3.43. The maximum atomic E-state index is 12.9. The van der Waals surface area contributed by atoms with Crippen molar-refractivity contribution < 1.29 is 28.6 Å². The molecule has 0 aromatic rings. The second-order valence-electron chi connectivity index (χ2n) is 22.7. The fraction of sp³-hybridized carbons (Fsp3) is 0.817. The van der Waals surface area contributed by atoms with Gasteiger partial charge >= 0.3 is 17.9 Å². The van der Waals surface area contributed by atoms with Crippen molar-refractivity contribution in [1.82, 2.24) is 0 Å². The average molecular weight is 1080 g/mol. The first kappa shape index (κ1) is 74.1. The topological polar surface area (TPSA) is 78.9 Å². The molecule has 0 bridgehead atoms. The van der Waals surface area contributed by atoms with E-state index in [1.54, 1.807) is 0 Å². The van der Waals surface area contributed by atoms with Gasteiger partial charge in [0.25, 0.3) is 0 Å². The fourth-order valence-electron chi connectivity index (χ4n) is 9.96. The van der Waals surface area contributed by atoms with Crippen molar-refractivity contribution in [3.8, 4) is 0 Å². The van der Waals surface area contributed by atoms with Gasteiger partial charge in [-0.3, -0.25) is 14.4 Å². The molecule has 6 heteroatoms. The zero-order chi connectivity index (χ0) is 55.7. The van der Waals surface area contributed by atoms with E-state index in [1.807, 2.05) is 0 Å². The van der Waals surface area contributed by atoms with Gasteiger partial charge in [0.15, 0.2) is 6.10 Å². The molecular weight excluding hydrogens is 949 g/mol. The Morgan fingerprint density at radius 1 is 0.273 bits per heavy atom. The molecule has 0 radical (unpaired) electrons. The van der Waals surface area contributed by atoms with Crippen LogP contribution in [0.4, 0.5) is 0 Å². The summed E-state index contributed by atoms with van der Waals surface area (Å²) in [4.78, 5) is 38.4. The summed E-state index contributed by atoms with van der Waals surface area (Å²) in [5.74, 6) is -0.860. The Morgan fingerprint density at radius 2 is 0.506 bits per heavy atom. The van der Waals surface area contributed by atoms with Crippen molar-refractivity contribution in [3.05, 3.63) is 60.8 Å². The highest BCUT2D eigenvalue weighted by molar-refractivity contribution is 5.71. The molecule has 0 saturated carbocycles. The third-order valence-electron chi connectivity index (χ3n) is 15.0. The van der Waals surface area contributed by atoms with Crippen LogP contribution >= 0.6 is 0 Å². The maximum Gasteiger partial charge on any atom is 0.306 e. The minimum atomic E-state index is -0.778. The summed E-state index contributed by atoms with van der Waals surface area (Å²) in [6, 6.07) is 0. The van der Waals surface area contributed by atoms with Gasteiger partial charge in [0, 0.05) is 19.3 Å². The van der Waals surface area contributed by atoms with E-state index in [1.165, 1.54) is 225 Å². The second-order valence-corrected chi connectivity index (χ2v) is 22.7. The molecule has 0 rings (SSSR count). The molecule has 77 heavy (non-hydrogen) atoms. The quantitative estimate of drug-likeness (QED) is 0.0261. The molecule has 0 aliphatic carbocycles. The predicted molar refractivity (Wildman–Crippen MR) is 335 cm³/mol. The number of unbranched alkanes of at least 4 members (excludes halogenated alkanes) is 41. The lowest BCUT2D eigenvalue weighted by molar-refractivity contribution is -0.167. The lowest BCUT2D eigenvalue weighted by atomic mass is 10.0. The Kier molecular flexibility index (Phi) is 63.2. The Hall–Kier alpha value is -2.89. The van der Waals surface area contributed by atoms with Gasteiger partial charge in [0.05, 0.1) is 0 Å². The van der Waals surface area contributed by atoms with E-state index in [9.17, 15) is 14.4 Å². The molecular formula is C71H128O6. The molecule has 0 aliphatic rings. The van der Waals surface area contributed by atoms with Gasteiger partial charge in [-0.1, -0.05) is 313 Å². The molecule has 0 heterocycles. The Balaban J connectivity index is 4.32. The number of rotatable bonds is 62. The summed E-state index contributed by atoms with van der Waals surface area (Å²) < 4.78 is 17.0. The maximum absolute atomic E-state index is 12.9. The number of esters is 3. The highest BCUT2D eigenvalue weighted by Gasteiger charge is 2.19. The minimum absolute atomic E-state index is 0.0738. The van der Waals surface area contributed by atoms with Crippen LogP contribution in [0, 0.1) is 0 Å². The normalized spacial score (nSPS) is 12.4. The van der Waals surface area contributed by atoms with Crippen LogP contribution in [-0.4, -0.2) is 37.2 Å². The third kappa shape index (κ3) is 63.8. The van der Waals surface area contributed by atoms with Gasteiger partial charge < -0.3 is 14.2 Å². The van der Waals surface area contributed by atoms with Crippen molar-refractivity contribution in [2.24, 2.45) is 0 Å². The highest BCUT2D eigenvalue weighted by atomic mass is 16.6. The zero-order valence-corrected chi connectivity index (χ0v) is 51.5. The van der Waals surface area contributed by atoms with E-state index < -0.39 is 6.10 Å². The van der Waals surface area contributed by atoms with Crippen LogP contribution in [0.25, 0.3) is 0 Å². The van der Waals surface area contributed by atoms with Crippen molar-refractivity contribution in [2.75, 3.05) is 13.2 Å². The van der Waals surface area contributed by atoms with Gasteiger partial charge in [0.2, 0.25) is 0 Å². The molecule has 0 amide bonds. The molecule has 448 valence electrons. The first-order valence-corrected chi connectivity index (χ1v) is 33.8. The molecule has 0 N–H and O–H groups in total. The van der Waals surface area contributed by atoms with E-state index >= 15 is 0 Å². The van der Waals surface area contributed by atoms with Gasteiger partial charge in [0.1, 0.15) is 13.2 Å². The monoisotopic (exact) mass is 1080 g/mol. The second kappa shape index (κ2) is 65.6. The van der Waals surface area contributed by atoms with Crippen LogP contribution in [0.3, 0.4) is 0 Å². The van der Waals surface area contributed by atoms with Gasteiger partial charge in [-0.15, -0.1) is 0 Å². The SMILES string of the molecule is CC/C=C\C/C=C\C/C=C\C/C=C\CCCCCCCCCCC(=O)OC(COC(=O)CCCCCCCCCCCCC/C=C\CCCCCCCCCC)COC(=O)CCCCCCCCCCCCCCCCC. The van der Waals surface area contributed by atoms with E-state index in [4.69, 9.17) is 14.2 Å². The summed E-state index contributed by atoms with van der Waals surface area (Å²) >= 11 is 0. The lowest BCUT2D eigenvalue weighted by Crippen LogP contribution is -2.30. The predicted octanol–water partition coefficient (Wildman–Crippen LogP) is 23.1. The summed E-state index contributed by atoms with van der Waals surface area (Å²) in [5.41, 5.74) is 0. The molecule has 0 aliphatic heterocycles. The van der Waals surface area contributed by atoms with E-state index in [2.05, 4.69) is 81.5 Å². The first-order chi connectivity index (χ1) is 38.0. The number of carbonyl (C=O) groups excluding carboxylic acids is 3. The van der Waals surface area contributed by atoms with Crippen LogP contribution in [0.5, 0.6) is 0 Å². The molecule has 0 fully saturated rings. The lowest BCUT2D eigenvalue weighted by Gasteiger charge is -2.18. The molecule has 6 nitrogen and oxygen atoms in total. The van der Waals surface area contributed by atoms with Gasteiger partial charge in [-0.2, -0.15) is 0 Å². The van der Waals surface area contributed by atoms with Crippen LogP contribution in [0.15, 0.2) is 60.8 Å². The fourth-order valence-corrected chi connectivity index (χ4v) is 9.96. The number of allylic oxidation sites excluding steroid dienone is 10. The minimum Gasteiger partial charge on any atom is -0.462 e. The summed E-state index contributed by atoms with van der Waals surface area (Å²) in [5, 5.41) is 0. The zero-order valence-electron chi connectivity index (χ0n) is 51.5. The largest absolute Gasteiger partial charge is 0.462 e. The van der Waals surface area contributed by atoms with Crippen molar-refractivity contribution >= 4 is 17.9 Å². The standard InChI is InChI=1S/C71H128O6/c1-4-7-10-13-16-19-22-25-28-30-32-34-35-37-38-40-43-46-49-52-55-58-61-64-70(73)76-67-68(66-75-69(72)63-60-57-54-51-48-45-42-27-24-21-18-15-12-9-6-3)77-71(74)65-62-59-56-53-50-47-44-41-39-36-33-31-29-26-23-20-17-14-11-8-5-2/h8,11,17,20,26,29-30,32-33,36,68H,4-7,9-10,12-16,18-19,21-25,27-28,31,34-35,37-67H2,1-3H3/b11-8-,20-17-,29-26-,32-30-,36-33-. The van der Waals surface area contributed by atoms with E-state index in [0.717, 1.165) is 89.9 Å². The molecule has 0 aromatic heterocycles. The Bertz CT molecular complexity index is 1380. The summed E-state index contributed by atoms with van der Waals surface area (Å²) in [6.45, 7) is 6.58. The smallest absolute Gasteiger partial charge is 0.306 e. The van der Waals surface area contributed by atoms with Crippen molar-refractivity contribution in [1.29, 1.82) is 0 Å². The van der Waals surface area contributed by atoms with Crippen molar-refractivity contribution in [3.63, 3.8) is 0 Å². The number of ether oxygens (including phenoxy) is 3. The van der Waals surface area contributed by atoms with E-state index in [0.29, 0.717) is 19.3 Å². The first-order valence-electron chi connectivity index (χ1n) is 33.8. The number of carbonyl (C=O) groups is 3. The molecule has 1 atom stereocenters. The van der Waals surface area contributed by atoms with Crippen molar-refractivity contribution in [2.45, 2.75) is 361 Å². The molecule has 0 spiro atoms. The molecule has 1 unspecified atom stereocenters. The van der Waals surface area contributed by atoms with Gasteiger partial charge in [-0.25, -0.2) is 0 Å². The van der Waals surface area contributed by atoms with Crippen LogP contribution in [0.2, 0.25) is 0 Å². The summed E-state index contributed by atoms with van der Waals surface area (Å²) in [7, 11) is 0. The van der Waals surface area contributed by atoms with Gasteiger partial charge in [-0.05, 0) is 83.5 Å². The van der Waals surface area contributed by atoms with E-state index in [-0.39, 0.29) is 31.1 Å². The van der Waals surface area contributed by atoms with Crippen LogP contribution in [-0.2, 0) is 28.6 Å². The highest BCUT2D eigenvalue weighted by Crippen LogP contribution is 2.17. The van der Waals surface area contributed by atoms with Crippen LogP contribution in [0.1, 0.15) is 355 Å². The molecule has 0 saturated heterocycles. The Labute approximate surface area is 479 Å². The number of hydrogen-bond donors (Lipinski definition) is 0. The Morgan fingerprint density at radius 3 is 0.805 bits per heavy atom. The molecule has 0 aromatic carbocycles. The number of hydrogen-bond acceptors (Lipinski definition) is 6. The summed E-state index contributed by atoms with van der Waals surface area (Å²) in [6.07, 6.45) is 83.7.